The molecule has 1 nitrogen and oxygen atoms in total. The minimum Gasteiger partial charge on any atom is -0.382 e. The minimum absolute atomic E-state index is 0.120. The maximum Gasteiger partial charge on any atom is 0.128 e. The number of hydrogen-bond donors (Lipinski definition) is 1. The maximum atomic E-state index is 13.4. The molecule has 0 aromatic heterocycles. The SMILES string of the molecule is Cc1c(F)cccc1NC(C)C1CCCCC1. The van der Waals surface area contributed by atoms with Crippen LogP contribution in [-0.2, 0) is 0 Å². The van der Waals surface area contributed by atoms with Crippen LogP contribution in [0.3, 0.4) is 0 Å². The van der Waals surface area contributed by atoms with E-state index in [-0.39, 0.29) is 5.82 Å². The van der Waals surface area contributed by atoms with Gasteiger partial charge < -0.3 is 5.32 Å². The Kier molecular flexibility index (Phi) is 4.03. The van der Waals surface area contributed by atoms with Gasteiger partial charge in [-0.05, 0) is 44.7 Å². The van der Waals surface area contributed by atoms with Gasteiger partial charge in [0.15, 0.2) is 0 Å². The van der Waals surface area contributed by atoms with Crippen molar-refractivity contribution in [2.45, 2.75) is 52.0 Å². The number of rotatable bonds is 3. The summed E-state index contributed by atoms with van der Waals surface area (Å²) in [6.45, 7) is 4.06. The van der Waals surface area contributed by atoms with Crippen LogP contribution < -0.4 is 5.32 Å². The fourth-order valence-electron chi connectivity index (χ4n) is 2.76. The highest BCUT2D eigenvalue weighted by Gasteiger charge is 2.20. The van der Waals surface area contributed by atoms with Gasteiger partial charge in [0.2, 0.25) is 0 Å². The Balaban J connectivity index is 2.01. The first-order valence-electron chi connectivity index (χ1n) is 6.70. The Hall–Kier alpha value is -1.05. The van der Waals surface area contributed by atoms with E-state index in [2.05, 4.69) is 12.2 Å². The Bertz CT molecular complexity index is 369. The second-order valence-corrected chi connectivity index (χ2v) is 5.24. The third kappa shape index (κ3) is 2.99. The van der Waals surface area contributed by atoms with E-state index in [1.54, 1.807) is 6.07 Å². The van der Waals surface area contributed by atoms with E-state index in [4.69, 9.17) is 0 Å². The van der Waals surface area contributed by atoms with Gasteiger partial charge in [0.25, 0.3) is 0 Å². The lowest BCUT2D eigenvalue weighted by Gasteiger charge is -2.29. The van der Waals surface area contributed by atoms with E-state index < -0.39 is 0 Å². The summed E-state index contributed by atoms with van der Waals surface area (Å²) in [7, 11) is 0. The molecular formula is C15H22FN. The van der Waals surface area contributed by atoms with Gasteiger partial charge in [-0.1, -0.05) is 25.3 Å². The Labute approximate surface area is 103 Å². The second-order valence-electron chi connectivity index (χ2n) is 5.24. The molecule has 0 saturated heterocycles. The van der Waals surface area contributed by atoms with Gasteiger partial charge in [-0.3, -0.25) is 0 Å². The highest BCUT2D eigenvalue weighted by atomic mass is 19.1. The molecule has 0 radical (unpaired) electrons. The van der Waals surface area contributed by atoms with Crippen LogP contribution in [0.15, 0.2) is 18.2 Å². The molecule has 1 atom stereocenters. The van der Waals surface area contributed by atoms with Gasteiger partial charge in [0.1, 0.15) is 5.82 Å². The summed E-state index contributed by atoms with van der Waals surface area (Å²) in [5, 5.41) is 3.48. The first-order valence-corrected chi connectivity index (χ1v) is 6.70. The summed E-state index contributed by atoms with van der Waals surface area (Å²) < 4.78 is 13.4. The van der Waals surface area contributed by atoms with Crippen molar-refractivity contribution in [2.24, 2.45) is 5.92 Å². The van der Waals surface area contributed by atoms with Gasteiger partial charge >= 0.3 is 0 Å². The van der Waals surface area contributed by atoms with E-state index in [9.17, 15) is 4.39 Å². The molecule has 1 aromatic carbocycles. The van der Waals surface area contributed by atoms with Crippen molar-refractivity contribution in [3.63, 3.8) is 0 Å². The molecule has 0 heterocycles. The van der Waals surface area contributed by atoms with Crippen molar-refractivity contribution >= 4 is 5.69 Å². The standard InChI is InChI=1S/C15H22FN/c1-11-14(16)9-6-10-15(11)17-12(2)13-7-4-3-5-8-13/h6,9-10,12-13,17H,3-5,7-8H2,1-2H3. The molecule has 1 unspecified atom stereocenters. The van der Waals surface area contributed by atoms with Crippen LogP contribution in [0.1, 0.15) is 44.6 Å². The van der Waals surface area contributed by atoms with Crippen molar-refractivity contribution in [1.82, 2.24) is 0 Å². The quantitative estimate of drug-likeness (QED) is 0.812. The molecule has 1 fully saturated rings. The van der Waals surface area contributed by atoms with E-state index in [0.717, 1.165) is 17.2 Å². The molecule has 0 spiro atoms. The van der Waals surface area contributed by atoms with Gasteiger partial charge in [0.05, 0.1) is 0 Å². The fraction of sp³-hybridized carbons (Fsp3) is 0.600. The van der Waals surface area contributed by atoms with Crippen molar-refractivity contribution in [1.29, 1.82) is 0 Å². The molecule has 2 heteroatoms. The molecule has 94 valence electrons. The van der Waals surface area contributed by atoms with Gasteiger partial charge in [0, 0.05) is 17.3 Å². The van der Waals surface area contributed by atoms with Gasteiger partial charge in [-0.15, -0.1) is 0 Å². The zero-order valence-electron chi connectivity index (χ0n) is 10.8. The summed E-state index contributed by atoms with van der Waals surface area (Å²) in [5.41, 5.74) is 1.68. The number of halogens is 1. The molecule has 1 aromatic rings. The van der Waals surface area contributed by atoms with E-state index in [1.165, 1.54) is 38.2 Å². The highest BCUT2D eigenvalue weighted by Crippen LogP contribution is 2.29. The number of benzene rings is 1. The largest absolute Gasteiger partial charge is 0.382 e. The summed E-state index contributed by atoms with van der Waals surface area (Å²) in [6.07, 6.45) is 6.69. The summed E-state index contributed by atoms with van der Waals surface area (Å²) in [5.74, 6) is 0.622. The van der Waals surface area contributed by atoms with Crippen molar-refractivity contribution in [3.8, 4) is 0 Å². The van der Waals surface area contributed by atoms with E-state index in [0.29, 0.717) is 6.04 Å². The zero-order chi connectivity index (χ0) is 12.3. The van der Waals surface area contributed by atoms with Gasteiger partial charge in [-0.2, -0.15) is 0 Å². The number of anilines is 1. The normalized spacial score (nSPS) is 19.0. The van der Waals surface area contributed by atoms with Crippen molar-refractivity contribution in [3.05, 3.63) is 29.6 Å². The van der Waals surface area contributed by atoms with Crippen LogP contribution in [0.5, 0.6) is 0 Å². The topological polar surface area (TPSA) is 12.0 Å². The Morgan fingerprint density at radius 3 is 2.65 bits per heavy atom. The predicted octanol–water partition coefficient (Wildman–Crippen LogP) is 4.51. The average Bonchev–Trinajstić information content (AvgIpc) is 2.36. The summed E-state index contributed by atoms with van der Waals surface area (Å²) >= 11 is 0. The summed E-state index contributed by atoms with van der Waals surface area (Å²) in [4.78, 5) is 0. The molecule has 0 aliphatic heterocycles. The lowest BCUT2D eigenvalue weighted by Crippen LogP contribution is -2.28. The molecule has 17 heavy (non-hydrogen) atoms. The predicted molar refractivity (Wildman–Crippen MR) is 70.8 cm³/mol. The van der Waals surface area contributed by atoms with Crippen molar-refractivity contribution in [2.75, 3.05) is 5.32 Å². The van der Waals surface area contributed by atoms with Crippen LogP contribution in [-0.4, -0.2) is 6.04 Å². The lowest BCUT2D eigenvalue weighted by molar-refractivity contribution is 0.328. The summed E-state index contributed by atoms with van der Waals surface area (Å²) in [6, 6.07) is 5.71. The maximum absolute atomic E-state index is 13.4. The molecule has 1 aliphatic carbocycles. The first kappa shape index (κ1) is 12.4. The Morgan fingerprint density at radius 2 is 1.94 bits per heavy atom. The zero-order valence-corrected chi connectivity index (χ0v) is 10.8. The van der Waals surface area contributed by atoms with Crippen molar-refractivity contribution < 1.29 is 4.39 Å². The van der Waals surface area contributed by atoms with E-state index in [1.807, 2.05) is 13.0 Å². The second kappa shape index (κ2) is 5.52. The number of hydrogen-bond acceptors (Lipinski definition) is 1. The van der Waals surface area contributed by atoms with Crippen LogP contribution in [0.4, 0.5) is 10.1 Å². The van der Waals surface area contributed by atoms with Crippen LogP contribution in [0, 0.1) is 18.7 Å². The average molecular weight is 235 g/mol. The smallest absolute Gasteiger partial charge is 0.128 e. The van der Waals surface area contributed by atoms with Crippen LogP contribution in [0.25, 0.3) is 0 Å². The molecule has 2 rings (SSSR count). The molecular weight excluding hydrogens is 213 g/mol. The monoisotopic (exact) mass is 235 g/mol. The molecule has 1 N–H and O–H groups in total. The lowest BCUT2D eigenvalue weighted by atomic mass is 9.84. The van der Waals surface area contributed by atoms with Crippen LogP contribution >= 0.6 is 0 Å². The fourth-order valence-corrected chi connectivity index (χ4v) is 2.76. The molecule has 0 bridgehead atoms. The van der Waals surface area contributed by atoms with Crippen LogP contribution in [0.2, 0.25) is 0 Å². The minimum atomic E-state index is -0.120. The number of nitrogens with one attached hydrogen (secondary N) is 1. The first-order chi connectivity index (χ1) is 8.18. The highest BCUT2D eigenvalue weighted by molar-refractivity contribution is 5.51. The molecule has 1 saturated carbocycles. The third-order valence-electron chi connectivity index (χ3n) is 4.01. The molecule has 1 aliphatic rings. The van der Waals surface area contributed by atoms with E-state index >= 15 is 0 Å². The van der Waals surface area contributed by atoms with Gasteiger partial charge in [-0.25, -0.2) is 4.39 Å². The Morgan fingerprint density at radius 1 is 1.24 bits per heavy atom. The molecule has 0 amide bonds. The third-order valence-corrected chi connectivity index (χ3v) is 4.01.